The fraction of sp³-hybridized carbons (Fsp3) is 0.545. The molecule has 0 saturated carbocycles. The second kappa shape index (κ2) is 6.38. The molecule has 0 spiro atoms. The molecule has 0 amide bonds. The summed E-state index contributed by atoms with van der Waals surface area (Å²) in [5.74, 6) is 0.965. The Morgan fingerprint density at radius 3 is 2.71 bits per heavy atom. The van der Waals surface area contributed by atoms with Crippen molar-refractivity contribution in [2.45, 2.75) is 26.8 Å². The molecule has 0 saturated heterocycles. The molecule has 0 aromatic carbocycles. The minimum Gasteiger partial charge on any atom is -0.370 e. The van der Waals surface area contributed by atoms with Crippen molar-refractivity contribution in [1.29, 1.82) is 0 Å². The number of nitrogens with zero attached hydrogens (tertiary/aromatic N) is 1. The molecule has 3 nitrogen and oxygen atoms in total. The van der Waals surface area contributed by atoms with Crippen molar-refractivity contribution in [2.75, 3.05) is 18.4 Å². The van der Waals surface area contributed by atoms with Gasteiger partial charge in [0.25, 0.3) is 0 Å². The Morgan fingerprint density at radius 1 is 1.29 bits per heavy atom. The largest absolute Gasteiger partial charge is 0.370 e. The van der Waals surface area contributed by atoms with Crippen molar-refractivity contribution >= 4 is 5.82 Å². The Bertz CT molecular complexity index is 216. The molecule has 3 heteroatoms. The van der Waals surface area contributed by atoms with Crippen LogP contribution in [0, 0.1) is 0 Å². The van der Waals surface area contributed by atoms with E-state index in [-0.39, 0.29) is 0 Å². The number of hydrogen-bond donors (Lipinski definition) is 2. The van der Waals surface area contributed by atoms with Gasteiger partial charge in [-0.1, -0.05) is 19.9 Å². The summed E-state index contributed by atoms with van der Waals surface area (Å²) in [4.78, 5) is 4.32. The van der Waals surface area contributed by atoms with Crippen LogP contribution in [0.3, 0.4) is 0 Å². The Hall–Kier alpha value is -1.09. The quantitative estimate of drug-likeness (QED) is 0.725. The van der Waals surface area contributed by atoms with Crippen molar-refractivity contribution in [3.8, 4) is 0 Å². The second-order valence-electron chi connectivity index (χ2n) is 3.26. The number of anilines is 1. The Morgan fingerprint density at radius 2 is 2.14 bits per heavy atom. The van der Waals surface area contributed by atoms with Crippen LogP contribution < -0.4 is 10.6 Å². The van der Waals surface area contributed by atoms with Gasteiger partial charge in [0.05, 0.1) is 0 Å². The van der Waals surface area contributed by atoms with Gasteiger partial charge in [-0.2, -0.15) is 0 Å². The number of pyridine rings is 1. The fourth-order valence-corrected chi connectivity index (χ4v) is 1.16. The molecule has 0 aliphatic heterocycles. The normalized spacial score (nSPS) is 10.1. The zero-order chi connectivity index (χ0) is 10.2. The highest BCUT2D eigenvalue weighted by Crippen LogP contribution is 2.04. The van der Waals surface area contributed by atoms with Gasteiger partial charge in [0, 0.05) is 19.3 Å². The molecular formula is C11H19N3. The number of rotatable bonds is 6. The standard InChI is InChI=1S/C11H19N3/c1-3-7-13-11-6-5-10(9-14-11)8-12-4-2/h5-6,9,12H,3-4,7-8H2,1-2H3,(H,13,14). The van der Waals surface area contributed by atoms with Crippen LogP contribution in [0.2, 0.25) is 0 Å². The maximum atomic E-state index is 4.32. The molecular weight excluding hydrogens is 174 g/mol. The van der Waals surface area contributed by atoms with Crippen LogP contribution in [0.1, 0.15) is 25.8 Å². The average Bonchev–Trinajstić information content (AvgIpc) is 2.25. The first kappa shape index (κ1) is 11.0. The maximum absolute atomic E-state index is 4.32. The molecule has 0 unspecified atom stereocenters. The number of aromatic nitrogens is 1. The van der Waals surface area contributed by atoms with E-state index < -0.39 is 0 Å². The summed E-state index contributed by atoms with van der Waals surface area (Å²) in [6.07, 6.45) is 3.04. The minimum atomic E-state index is 0.900. The highest BCUT2D eigenvalue weighted by Gasteiger charge is 1.93. The van der Waals surface area contributed by atoms with Gasteiger partial charge in [-0.15, -0.1) is 0 Å². The summed E-state index contributed by atoms with van der Waals surface area (Å²) >= 11 is 0. The first-order chi connectivity index (χ1) is 6.86. The van der Waals surface area contributed by atoms with Crippen LogP contribution in [-0.4, -0.2) is 18.1 Å². The molecule has 14 heavy (non-hydrogen) atoms. The van der Waals surface area contributed by atoms with Crippen LogP contribution in [0.5, 0.6) is 0 Å². The smallest absolute Gasteiger partial charge is 0.125 e. The van der Waals surface area contributed by atoms with E-state index in [1.165, 1.54) is 5.56 Å². The SMILES string of the molecule is CCCNc1ccc(CNCC)cn1. The van der Waals surface area contributed by atoms with Crippen LogP contribution in [0.25, 0.3) is 0 Å². The van der Waals surface area contributed by atoms with Gasteiger partial charge >= 0.3 is 0 Å². The third-order valence-corrected chi connectivity index (χ3v) is 1.96. The lowest BCUT2D eigenvalue weighted by molar-refractivity contribution is 0.724. The Balaban J connectivity index is 2.42. The molecule has 0 aliphatic carbocycles. The van der Waals surface area contributed by atoms with Crippen molar-refractivity contribution in [3.05, 3.63) is 23.9 Å². The van der Waals surface area contributed by atoms with Crippen LogP contribution in [-0.2, 0) is 6.54 Å². The van der Waals surface area contributed by atoms with Gasteiger partial charge in [-0.05, 0) is 24.6 Å². The molecule has 1 aromatic rings. The summed E-state index contributed by atoms with van der Waals surface area (Å²) in [5.41, 5.74) is 1.23. The molecule has 0 radical (unpaired) electrons. The van der Waals surface area contributed by atoms with E-state index in [1.807, 2.05) is 12.3 Å². The first-order valence-electron chi connectivity index (χ1n) is 5.26. The second-order valence-corrected chi connectivity index (χ2v) is 3.26. The van der Waals surface area contributed by atoms with Crippen molar-refractivity contribution < 1.29 is 0 Å². The average molecular weight is 193 g/mol. The number of hydrogen-bond acceptors (Lipinski definition) is 3. The molecule has 2 N–H and O–H groups in total. The van der Waals surface area contributed by atoms with Gasteiger partial charge in [0.15, 0.2) is 0 Å². The molecule has 1 heterocycles. The molecule has 0 atom stereocenters. The third-order valence-electron chi connectivity index (χ3n) is 1.96. The monoisotopic (exact) mass is 193 g/mol. The highest BCUT2D eigenvalue weighted by molar-refractivity contribution is 5.35. The van der Waals surface area contributed by atoms with Crippen molar-refractivity contribution in [3.63, 3.8) is 0 Å². The minimum absolute atomic E-state index is 0.900. The molecule has 78 valence electrons. The van der Waals surface area contributed by atoms with Gasteiger partial charge < -0.3 is 10.6 Å². The van der Waals surface area contributed by atoms with Gasteiger partial charge in [-0.3, -0.25) is 0 Å². The third kappa shape index (κ3) is 3.75. The fourth-order valence-electron chi connectivity index (χ4n) is 1.16. The van der Waals surface area contributed by atoms with Crippen molar-refractivity contribution in [2.24, 2.45) is 0 Å². The van der Waals surface area contributed by atoms with E-state index in [9.17, 15) is 0 Å². The highest BCUT2D eigenvalue weighted by atomic mass is 15.0. The number of nitrogens with one attached hydrogen (secondary N) is 2. The zero-order valence-corrected chi connectivity index (χ0v) is 9.01. The van der Waals surface area contributed by atoms with E-state index in [4.69, 9.17) is 0 Å². The molecule has 0 bridgehead atoms. The lowest BCUT2D eigenvalue weighted by Gasteiger charge is -2.05. The zero-order valence-electron chi connectivity index (χ0n) is 9.01. The molecule has 0 fully saturated rings. The summed E-state index contributed by atoms with van der Waals surface area (Å²) in [6, 6.07) is 4.13. The topological polar surface area (TPSA) is 37.0 Å². The maximum Gasteiger partial charge on any atom is 0.125 e. The van der Waals surface area contributed by atoms with Crippen molar-refractivity contribution in [1.82, 2.24) is 10.3 Å². The van der Waals surface area contributed by atoms with Crippen LogP contribution in [0.15, 0.2) is 18.3 Å². The van der Waals surface area contributed by atoms with E-state index >= 15 is 0 Å². The first-order valence-corrected chi connectivity index (χ1v) is 5.26. The Kier molecular flexibility index (Phi) is 5.00. The molecule has 1 aromatic heterocycles. The lowest BCUT2D eigenvalue weighted by Crippen LogP contribution is -2.12. The van der Waals surface area contributed by atoms with E-state index in [0.29, 0.717) is 0 Å². The predicted octanol–water partition coefficient (Wildman–Crippen LogP) is 2.01. The van der Waals surface area contributed by atoms with Gasteiger partial charge in [-0.25, -0.2) is 4.98 Å². The Labute approximate surface area is 85.9 Å². The van der Waals surface area contributed by atoms with Crippen LogP contribution in [0.4, 0.5) is 5.82 Å². The van der Waals surface area contributed by atoms with E-state index in [1.54, 1.807) is 0 Å². The molecule has 0 aliphatic rings. The molecule has 1 rings (SSSR count). The van der Waals surface area contributed by atoms with Gasteiger partial charge in [0.2, 0.25) is 0 Å². The lowest BCUT2D eigenvalue weighted by atomic mass is 10.3. The summed E-state index contributed by atoms with van der Waals surface area (Å²) in [6.45, 7) is 7.13. The predicted molar refractivity (Wildman–Crippen MR) is 60.4 cm³/mol. The van der Waals surface area contributed by atoms with Crippen LogP contribution >= 0.6 is 0 Å². The van der Waals surface area contributed by atoms with Gasteiger partial charge in [0.1, 0.15) is 5.82 Å². The summed E-state index contributed by atoms with van der Waals surface area (Å²) in [5, 5.41) is 6.51. The van der Waals surface area contributed by atoms with E-state index in [2.05, 4.69) is 35.5 Å². The summed E-state index contributed by atoms with van der Waals surface area (Å²) in [7, 11) is 0. The van der Waals surface area contributed by atoms with E-state index in [0.717, 1.165) is 31.9 Å². The summed E-state index contributed by atoms with van der Waals surface area (Å²) < 4.78 is 0.